The number of carbonyl (C=O) groups excluding carboxylic acids is 2. The molecule has 0 aromatic carbocycles. The Labute approximate surface area is 151 Å². The van der Waals surface area contributed by atoms with E-state index in [0.717, 1.165) is 25.7 Å². The second-order valence-corrected chi connectivity index (χ2v) is 5.13. The number of hydrogen-bond donors (Lipinski definition) is 0. The summed E-state index contributed by atoms with van der Waals surface area (Å²) in [7, 11) is 0. The van der Waals surface area contributed by atoms with Crippen LogP contribution in [0.2, 0.25) is 0 Å². The summed E-state index contributed by atoms with van der Waals surface area (Å²) in [5.74, 6) is -3.37. The molecular formula is C12H16Na2O4. The Balaban J connectivity index is 0.00000144. The van der Waals surface area contributed by atoms with E-state index in [4.69, 9.17) is 0 Å². The molecule has 0 saturated heterocycles. The van der Waals surface area contributed by atoms with Gasteiger partial charge in [0.05, 0.1) is 0 Å². The van der Waals surface area contributed by atoms with Gasteiger partial charge in [-0.05, 0) is 24.7 Å². The van der Waals surface area contributed by atoms with Crippen LogP contribution in [-0.4, -0.2) is 11.9 Å². The average Bonchev–Trinajstić information content (AvgIpc) is 2.27. The number of rotatable bonds is 2. The molecule has 6 heteroatoms. The van der Waals surface area contributed by atoms with Gasteiger partial charge in [-0.3, -0.25) is 0 Å². The van der Waals surface area contributed by atoms with Gasteiger partial charge in [0.25, 0.3) is 0 Å². The van der Waals surface area contributed by atoms with Gasteiger partial charge in [-0.15, -0.1) is 0 Å². The molecule has 0 aromatic rings. The molecule has 0 aliphatic heterocycles. The molecule has 0 N–H and O–H groups in total. The molecule has 18 heavy (non-hydrogen) atoms. The maximum atomic E-state index is 10.9. The minimum Gasteiger partial charge on any atom is -0.550 e. The van der Waals surface area contributed by atoms with Gasteiger partial charge < -0.3 is 19.8 Å². The second-order valence-electron chi connectivity index (χ2n) is 5.13. The summed E-state index contributed by atoms with van der Waals surface area (Å²) in [6.45, 7) is 0. The standard InChI is InChI=1S/C12H18O4.2Na/c13-11(14)9-5-7-3-1-2-4-8(7)6-10(9)12(15)16;;/h7-10H,1-6H2,(H,13,14)(H,15,16);;/q;2*+1/p-2. The van der Waals surface area contributed by atoms with Crippen molar-refractivity contribution >= 4 is 11.9 Å². The molecule has 2 saturated carbocycles. The summed E-state index contributed by atoms with van der Waals surface area (Å²) in [4.78, 5) is 21.9. The van der Waals surface area contributed by atoms with Crippen LogP contribution in [0, 0.1) is 23.7 Å². The van der Waals surface area contributed by atoms with Crippen molar-refractivity contribution in [1.29, 1.82) is 0 Å². The molecule has 4 unspecified atom stereocenters. The van der Waals surface area contributed by atoms with E-state index >= 15 is 0 Å². The van der Waals surface area contributed by atoms with Crippen molar-refractivity contribution in [2.75, 3.05) is 0 Å². The second kappa shape index (κ2) is 8.28. The SMILES string of the molecule is O=C([O-])C1CC2CCCCC2CC1C(=O)[O-].[Na+].[Na+]. The molecule has 4 atom stereocenters. The van der Waals surface area contributed by atoms with Gasteiger partial charge in [0, 0.05) is 23.8 Å². The Morgan fingerprint density at radius 2 is 1.11 bits per heavy atom. The predicted octanol–water partition coefficient (Wildman–Crippen LogP) is -6.67. The van der Waals surface area contributed by atoms with Crippen molar-refractivity contribution in [3.63, 3.8) is 0 Å². The van der Waals surface area contributed by atoms with Crippen molar-refractivity contribution in [2.24, 2.45) is 23.7 Å². The fourth-order valence-corrected chi connectivity index (χ4v) is 3.41. The first-order chi connectivity index (χ1) is 7.59. The van der Waals surface area contributed by atoms with E-state index in [-0.39, 0.29) is 59.1 Å². The fraction of sp³-hybridized carbons (Fsp3) is 0.833. The molecule has 0 aromatic heterocycles. The van der Waals surface area contributed by atoms with E-state index in [1.54, 1.807) is 0 Å². The summed E-state index contributed by atoms with van der Waals surface area (Å²) < 4.78 is 0. The molecule has 2 aliphatic carbocycles. The van der Waals surface area contributed by atoms with Crippen LogP contribution in [0.25, 0.3) is 0 Å². The van der Waals surface area contributed by atoms with E-state index in [0.29, 0.717) is 24.7 Å². The number of carbonyl (C=O) groups is 2. The van der Waals surface area contributed by atoms with Gasteiger partial charge in [0.2, 0.25) is 0 Å². The van der Waals surface area contributed by atoms with Crippen LogP contribution in [-0.2, 0) is 9.59 Å². The molecule has 0 spiro atoms. The van der Waals surface area contributed by atoms with Crippen molar-refractivity contribution in [3.8, 4) is 0 Å². The maximum Gasteiger partial charge on any atom is 1.00 e. The first kappa shape index (κ1) is 18.9. The fourth-order valence-electron chi connectivity index (χ4n) is 3.41. The Morgan fingerprint density at radius 1 is 0.778 bits per heavy atom. The molecule has 2 aliphatic rings. The average molecular weight is 270 g/mol. The van der Waals surface area contributed by atoms with Crippen LogP contribution >= 0.6 is 0 Å². The minimum absolute atomic E-state index is 0. The van der Waals surface area contributed by atoms with Gasteiger partial charge >= 0.3 is 59.1 Å². The van der Waals surface area contributed by atoms with E-state index in [2.05, 4.69) is 0 Å². The Kier molecular flexibility index (Phi) is 8.71. The molecule has 90 valence electrons. The molecular weight excluding hydrogens is 254 g/mol. The minimum atomic E-state index is -1.22. The summed E-state index contributed by atoms with van der Waals surface area (Å²) in [5, 5.41) is 21.9. The Hall–Kier alpha value is 0.940. The summed E-state index contributed by atoms with van der Waals surface area (Å²) >= 11 is 0. The van der Waals surface area contributed by atoms with Gasteiger partial charge in [-0.2, -0.15) is 0 Å². The zero-order chi connectivity index (χ0) is 11.7. The van der Waals surface area contributed by atoms with Crippen LogP contribution in [0.1, 0.15) is 38.5 Å². The van der Waals surface area contributed by atoms with Crippen molar-refractivity contribution in [1.82, 2.24) is 0 Å². The number of aliphatic carboxylic acids is 2. The Morgan fingerprint density at radius 3 is 1.39 bits per heavy atom. The maximum absolute atomic E-state index is 10.9. The normalized spacial score (nSPS) is 34.4. The summed E-state index contributed by atoms with van der Waals surface area (Å²) in [6.07, 6.45) is 5.27. The quantitative estimate of drug-likeness (QED) is 0.467. The third kappa shape index (κ3) is 4.22. The third-order valence-corrected chi connectivity index (χ3v) is 4.27. The number of fused-ring (bicyclic) bond motifs is 1. The van der Waals surface area contributed by atoms with Crippen molar-refractivity contribution in [3.05, 3.63) is 0 Å². The molecule has 0 amide bonds. The van der Waals surface area contributed by atoms with Gasteiger partial charge in [0.15, 0.2) is 0 Å². The van der Waals surface area contributed by atoms with Gasteiger partial charge in [-0.1, -0.05) is 25.7 Å². The predicted molar refractivity (Wildman–Crippen MR) is 51.7 cm³/mol. The van der Waals surface area contributed by atoms with Crippen LogP contribution in [0.3, 0.4) is 0 Å². The van der Waals surface area contributed by atoms with Crippen molar-refractivity contribution in [2.45, 2.75) is 38.5 Å². The molecule has 0 heterocycles. The first-order valence-electron chi connectivity index (χ1n) is 6.01. The van der Waals surface area contributed by atoms with E-state index < -0.39 is 23.8 Å². The van der Waals surface area contributed by atoms with Gasteiger partial charge in [-0.25, -0.2) is 0 Å². The van der Waals surface area contributed by atoms with E-state index in [1.807, 2.05) is 0 Å². The Bertz CT molecular complexity index is 278. The third-order valence-electron chi connectivity index (χ3n) is 4.27. The molecule has 4 nitrogen and oxygen atoms in total. The zero-order valence-electron chi connectivity index (χ0n) is 11.2. The van der Waals surface area contributed by atoms with Crippen LogP contribution in [0.5, 0.6) is 0 Å². The van der Waals surface area contributed by atoms with Crippen LogP contribution in [0.15, 0.2) is 0 Å². The number of carboxylic acid groups (broad SMARTS) is 2. The molecule has 0 bridgehead atoms. The number of hydrogen-bond acceptors (Lipinski definition) is 4. The first-order valence-corrected chi connectivity index (χ1v) is 6.01. The summed E-state index contributed by atoms with van der Waals surface area (Å²) in [5.41, 5.74) is 0. The monoisotopic (exact) mass is 270 g/mol. The molecule has 2 rings (SSSR count). The molecule has 0 radical (unpaired) electrons. The van der Waals surface area contributed by atoms with Crippen molar-refractivity contribution < 1.29 is 78.9 Å². The number of carboxylic acids is 2. The topological polar surface area (TPSA) is 80.3 Å². The van der Waals surface area contributed by atoms with Gasteiger partial charge in [0.1, 0.15) is 0 Å². The smallest absolute Gasteiger partial charge is 0.550 e. The van der Waals surface area contributed by atoms with Crippen LogP contribution < -0.4 is 69.3 Å². The van der Waals surface area contributed by atoms with Crippen LogP contribution in [0.4, 0.5) is 0 Å². The van der Waals surface area contributed by atoms with E-state index in [1.165, 1.54) is 0 Å². The zero-order valence-corrected chi connectivity index (χ0v) is 15.2. The largest absolute Gasteiger partial charge is 1.00 e. The van der Waals surface area contributed by atoms with E-state index in [9.17, 15) is 19.8 Å². The summed E-state index contributed by atoms with van der Waals surface area (Å²) in [6, 6.07) is 0. The molecule has 2 fully saturated rings.